The summed E-state index contributed by atoms with van der Waals surface area (Å²) in [4.78, 5) is 16.3. The number of benzene rings is 1. The lowest BCUT2D eigenvalue weighted by Crippen LogP contribution is -2.23. The van der Waals surface area contributed by atoms with Crippen LogP contribution < -0.4 is 24.7 Å². The van der Waals surface area contributed by atoms with E-state index in [1.165, 1.54) is 0 Å². The minimum Gasteiger partial charge on any atom is -0.493 e. The third-order valence-electron chi connectivity index (χ3n) is 3.53. The lowest BCUT2D eigenvalue weighted by atomic mass is 10.0. The molecule has 0 radical (unpaired) electrons. The number of ether oxygens (including phenoxy) is 4. The number of hydrogen-bond donors (Lipinski definition) is 1. The molecule has 22 heavy (non-hydrogen) atoms. The molecule has 2 aliphatic rings. The topological polar surface area (TPSA) is 102 Å². The van der Waals surface area contributed by atoms with E-state index in [2.05, 4.69) is 5.16 Å². The molecule has 118 valence electrons. The van der Waals surface area contributed by atoms with Crippen molar-refractivity contribution in [1.29, 1.82) is 0 Å². The third-order valence-corrected chi connectivity index (χ3v) is 3.53. The summed E-state index contributed by atoms with van der Waals surface area (Å²) >= 11 is 0. The number of rotatable bonds is 5. The van der Waals surface area contributed by atoms with E-state index >= 15 is 0 Å². The Morgan fingerprint density at radius 1 is 1.36 bits per heavy atom. The van der Waals surface area contributed by atoms with Crippen LogP contribution >= 0.6 is 0 Å². The molecule has 0 saturated heterocycles. The number of primary amides is 1. The number of carbonyl (C=O) groups is 1. The summed E-state index contributed by atoms with van der Waals surface area (Å²) in [5, 5.41) is 3.70. The fourth-order valence-corrected chi connectivity index (χ4v) is 2.52. The average molecular weight is 308 g/mol. The van der Waals surface area contributed by atoms with Crippen molar-refractivity contribution in [2.24, 2.45) is 10.9 Å². The lowest BCUT2D eigenvalue weighted by Gasteiger charge is -2.15. The molecule has 2 aliphatic heterocycles. The predicted molar refractivity (Wildman–Crippen MR) is 75.5 cm³/mol. The number of oxime groups is 1. The van der Waals surface area contributed by atoms with Gasteiger partial charge in [0.1, 0.15) is 11.8 Å². The van der Waals surface area contributed by atoms with Crippen LogP contribution in [0.2, 0.25) is 0 Å². The number of carbonyl (C=O) groups excluding carboxylic acids is 1. The molecule has 1 amide bonds. The first kappa shape index (κ1) is 14.3. The number of amides is 1. The molecular formula is C14H16N2O6. The fraction of sp³-hybridized carbons (Fsp3) is 0.429. The Kier molecular flexibility index (Phi) is 3.66. The van der Waals surface area contributed by atoms with Gasteiger partial charge in [0.15, 0.2) is 11.5 Å². The predicted octanol–water partition coefficient (Wildman–Crippen LogP) is 0.605. The Hall–Kier alpha value is -2.64. The van der Waals surface area contributed by atoms with E-state index in [1.807, 2.05) is 0 Å². The molecular weight excluding hydrogens is 292 g/mol. The molecule has 2 heterocycles. The Bertz CT molecular complexity index is 643. The molecule has 0 fully saturated rings. The zero-order valence-corrected chi connectivity index (χ0v) is 12.3. The molecule has 0 aromatic heterocycles. The van der Waals surface area contributed by atoms with Gasteiger partial charge in [0.2, 0.25) is 18.3 Å². The molecule has 8 nitrogen and oxygen atoms in total. The van der Waals surface area contributed by atoms with Crippen molar-refractivity contribution in [3.63, 3.8) is 0 Å². The summed E-state index contributed by atoms with van der Waals surface area (Å²) in [5.41, 5.74) is 6.25. The van der Waals surface area contributed by atoms with Crippen LogP contribution in [0.1, 0.15) is 12.0 Å². The minimum absolute atomic E-state index is 0.111. The zero-order chi connectivity index (χ0) is 15.7. The van der Waals surface area contributed by atoms with Gasteiger partial charge in [-0.05, 0) is 6.07 Å². The van der Waals surface area contributed by atoms with Crippen LogP contribution in [0, 0.1) is 0 Å². The summed E-state index contributed by atoms with van der Waals surface area (Å²) in [5.74, 6) is 1.56. The summed E-state index contributed by atoms with van der Waals surface area (Å²) < 4.78 is 21.6. The first-order valence-corrected chi connectivity index (χ1v) is 6.70. The van der Waals surface area contributed by atoms with Gasteiger partial charge in [0.05, 0.1) is 14.2 Å². The second-order valence-corrected chi connectivity index (χ2v) is 4.87. The molecule has 2 N–H and O–H groups in total. The van der Waals surface area contributed by atoms with Crippen LogP contribution in [-0.4, -0.2) is 38.7 Å². The number of fused-ring (bicyclic) bond motifs is 1. The van der Waals surface area contributed by atoms with Crippen LogP contribution in [0.4, 0.5) is 0 Å². The first-order chi connectivity index (χ1) is 10.6. The summed E-state index contributed by atoms with van der Waals surface area (Å²) in [6.45, 7) is 0.111. The van der Waals surface area contributed by atoms with Crippen LogP contribution in [0.15, 0.2) is 11.2 Å². The van der Waals surface area contributed by atoms with Gasteiger partial charge in [-0.2, -0.15) is 0 Å². The van der Waals surface area contributed by atoms with E-state index in [1.54, 1.807) is 20.3 Å². The molecule has 1 atom stereocenters. The highest BCUT2D eigenvalue weighted by Gasteiger charge is 2.30. The van der Waals surface area contributed by atoms with Crippen molar-refractivity contribution in [2.75, 3.05) is 21.0 Å². The maximum atomic E-state index is 11.1. The second-order valence-electron chi connectivity index (χ2n) is 4.87. The van der Waals surface area contributed by atoms with Crippen LogP contribution in [0.3, 0.4) is 0 Å². The van der Waals surface area contributed by atoms with Gasteiger partial charge in [-0.1, -0.05) is 5.16 Å². The molecule has 8 heteroatoms. The highest BCUT2D eigenvalue weighted by molar-refractivity contribution is 6.38. The largest absolute Gasteiger partial charge is 0.493 e. The van der Waals surface area contributed by atoms with Crippen molar-refractivity contribution < 1.29 is 28.6 Å². The van der Waals surface area contributed by atoms with E-state index < -0.39 is 5.91 Å². The average Bonchev–Trinajstić information content (AvgIpc) is 3.15. The van der Waals surface area contributed by atoms with E-state index in [4.69, 9.17) is 29.5 Å². The molecule has 0 bridgehead atoms. The zero-order valence-electron chi connectivity index (χ0n) is 12.3. The van der Waals surface area contributed by atoms with Crippen LogP contribution in [0.25, 0.3) is 0 Å². The molecule has 1 aromatic rings. The number of nitrogens with two attached hydrogens (primary N) is 1. The smallest absolute Gasteiger partial charge is 0.266 e. The SMILES string of the molecule is COc1cc(C[C@@H]2CC(C(N)=O)=NO2)c(OC)c2c1OCO2. The molecule has 0 unspecified atom stereocenters. The number of methoxy groups -OCH3 is 2. The fourth-order valence-electron chi connectivity index (χ4n) is 2.52. The van der Waals surface area contributed by atoms with Gasteiger partial charge < -0.3 is 29.5 Å². The van der Waals surface area contributed by atoms with E-state index in [9.17, 15) is 4.79 Å². The highest BCUT2D eigenvalue weighted by atomic mass is 16.7. The summed E-state index contributed by atoms with van der Waals surface area (Å²) in [7, 11) is 3.10. The molecule has 3 rings (SSSR count). The molecule has 0 aliphatic carbocycles. The molecule has 0 spiro atoms. The van der Waals surface area contributed by atoms with E-state index in [0.29, 0.717) is 35.8 Å². The van der Waals surface area contributed by atoms with E-state index in [-0.39, 0.29) is 18.6 Å². The van der Waals surface area contributed by atoms with Crippen LogP contribution in [0.5, 0.6) is 23.0 Å². The monoisotopic (exact) mass is 308 g/mol. The van der Waals surface area contributed by atoms with Gasteiger partial charge in [-0.15, -0.1) is 0 Å². The Balaban J connectivity index is 1.87. The Labute approximate surface area is 126 Å². The highest BCUT2D eigenvalue weighted by Crippen LogP contribution is 2.49. The van der Waals surface area contributed by atoms with Crippen molar-refractivity contribution in [3.05, 3.63) is 11.6 Å². The Morgan fingerprint density at radius 3 is 2.77 bits per heavy atom. The van der Waals surface area contributed by atoms with Crippen molar-refractivity contribution in [3.8, 4) is 23.0 Å². The minimum atomic E-state index is -0.572. The van der Waals surface area contributed by atoms with Crippen LogP contribution in [-0.2, 0) is 16.1 Å². The third kappa shape index (κ3) is 2.36. The number of hydrogen-bond acceptors (Lipinski definition) is 7. The summed E-state index contributed by atoms with van der Waals surface area (Å²) in [6.07, 6.45) is 0.535. The van der Waals surface area contributed by atoms with Gasteiger partial charge in [-0.25, -0.2) is 0 Å². The van der Waals surface area contributed by atoms with Crippen molar-refractivity contribution in [1.82, 2.24) is 0 Å². The van der Waals surface area contributed by atoms with E-state index in [0.717, 1.165) is 5.56 Å². The summed E-state index contributed by atoms with van der Waals surface area (Å²) in [6, 6.07) is 1.80. The first-order valence-electron chi connectivity index (χ1n) is 6.70. The van der Waals surface area contributed by atoms with Gasteiger partial charge >= 0.3 is 0 Å². The maximum absolute atomic E-state index is 11.1. The quantitative estimate of drug-likeness (QED) is 0.855. The van der Waals surface area contributed by atoms with Gasteiger partial charge in [0, 0.05) is 18.4 Å². The molecule has 0 saturated carbocycles. The lowest BCUT2D eigenvalue weighted by molar-refractivity contribution is -0.112. The van der Waals surface area contributed by atoms with Crippen molar-refractivity contribution in [2.45, 2.75) is 18.9 Å². The van der Waals surface area contributed by atoms with Crippen molar-refractivity contribution >= 4 is 11.6 Å². The normalized spacial score (nSPS) is 18.6. The Morgan fingerprint density at radius 2 is 2.14 bits per heavy atom. The van der Waals surface area contributed by atoms with Gasteiger partial charge in [0.25, 0.3) is 5.91 Å². The molecule has 1 aromatic carbocycles. The second kappa shape index (κ2) is 5.63. The standard InChI is InChI=1S/C14H16N2O6/c1-18-10-4-7(3-8-5-9(14(15)17)16-22-8)11(19-2)13-12(10)20-6-21-13/h4,8H,3,5-6H2,1-2H3,(H2,15,17)/t8-/m1/s1. The number of nitrogens with zero attached hydrogens (tertiary/aromatic N) is 1. The van der Waals surface area contributed by atoms with Gasteiger partial charge in [-0.3, -0.25) is 4.79 Å². The maximum Gasteiger partial charge on any atom is 0.266 e.